The third kappa shape index (κ3) is 3.61. The van der Waals surface area contributed by atoms with Gasteiger partial charge in [0.15, 0.2) is 0 Å². The molecule has 0 fully saturated rings. The lowest BCUT2D eigenvalue weighted by molar-refractivity contribution is 0.0886. The van der Waals surface area contributed by atoms with Crippen LogP contribution in [0.3, 0.4) is 0 Å². The van der Waals surface area contributed by atoms with E-state index in [0.29, 0.717) is 0 Å². The van der Waals surface area contributed by atoms with E-state index in [9.17, 15) is 0 Å². The Bertz CT molecular complexity index is 395. The molecule has 92 valence electrons. The molecular formula is C3H14N6O6. The minimum Gasteiger partial charge on any atom is -0.422 e. The zero-order chi connectivity index (χ0) is 8.59. The molecule has 0 aliphatic rings. The van der Waals surface area contributed by atoms with Gasteiger partial charge in [-0.2, -0.15) is 4.98 Å². The molecule has 0 bridgehead atoms. The number of nitrogens with zero attached hydrogens (tertiary/aromatic N) is 3. The van der Waals surface area contributed by atoms with Gasteiger partial charge in [0.05, 0.1) is 0 Å². The van der Waals surface area contributed by atoms with Gasteiger partial charge in [-0.25, -0.2) is 0 Å². The lowest BCUT2D eigenvalue weighted by Crippen LogP contribution is -2.41. The molecule has 0 aliphatic carbocycles. The first-order valence-electron chi connectivity index (χ1n) is 2.53. The number of anilines is 1. The molecule has 1 aromatic rings. The fraction of sp³-hybridized carbons (Fsp3) is 0. The predicted octanol–water partition coefficient (Wildman–Crippen LogP) is -5.60. The van der Waals surface area contributed by atoms with Crippen LogP contribution in [-0.2, 0) is 0 Å². The molecular weight excluding hydrogens is 216 g/mol. The van der Waals surface area contributed by atoms with Crippen molar-refractivity contribution in [2.45, 2.75) is 0 Å². The van der Waals surface area contributed by atoms with Crippen LogP contribution in [0.2, 0.25) is 0 Å². The maximum Gasteiger partial charge on any atom is 0.276 e. The van der Waals surface area contributed by atoms with Crippen LogP contribution in [0.4, 0.5) is 5.95 Å². The first-order chi connectivity index (χ1) is 5.04. The van der Waals surface area contributed by atoms with E-state index >= 15 is 0 Å². The molecule has 1 heterocycles. The highest BCUT2D eigenvalue weighted by Crippen LogP contribution is 1.79. The molecule has 12 nitrogen and oxygen atoms in total. The van der Waals surface area contributed by atoms with Gasteiger partial charge in [0.1, 0.15) is 0 Å². The normalized spacial score (nSPS) is 7.20. The van der Waals surface area contributed by atoms with Gasteiger partial charge in [0.2, 0.25) is 5.95 Å². The highest BCUT2D eigenvalue weighted by atomic mass is 16.5. The number of hydrogen-bond donors (Lipinski definition) is 5. The van der Waals surface area contributed by atoms with Gasteiger partial charge in [-0.3, -0.25) is 10.8 Å². The molecule has 1 rings (SSSR count). The summed E-state index contributed by atoms with van der Waals surface area (Å²) in [5.41, 5.74) is 3.68. The molecule has 1 aromatic heterocycles. The van der Waals surface area contributed by atoms with Crippen molar-refractivity contribution in [1.29, 1.82) is 10.8 Å². The number of rotatable bonds is 0. The molecule has 0 unspecified atom stereocenters. The van der Waals surface area contributed by atoms with Gasteiger partial charge < -0.3 is 38.1 Å². The van der Waals surface area contributed by atoms with Crippen molar-refractivity contribution in [3.8, 4) is 0 Å². The van der Waals surface area contributed by atoms with Crippen molar-refractivity contribution in [3.63, 3.8) is 0 Å². The molecule has 0 aliphatic heterocycles. The fourth-order valence-corrected chi connectivity index (χ4v) is 0.502. The van der Waals surface area contributed by atoms with Crippen LogP contribution in [0, 0.1) is 10.8 Å². The summed E-state index contributed by atoms with van der Waals surface area (Å²) in [5.74, 6) is -0.426. The third-order valence-electron chi connectivity index (χ3n) is 1.04. The quantitative estimate of drug-likeness (QED) is 0.272. The summed E-state index contributed by atoms with van der Waals surface area (Å²) >= 11 is 0. The van der Waals surface area contributed by atoms with E-state index in [2.05, 4.69) is 4.98 Å². The Morgan fingerprint density at radius 2 is 1.40 bits per heavy atom. The summed E-state index contributed by atoms with van der Waals surface area (Å²) in [6.07, 6.45) is 0. The highest BCUT2D eigenvalue weighted by Gasteiger charge is 2.01. The molecule has 0 radical (unpaired) electrons. The van der Waals surface area contributed by atoms with E-state index in [-0.39, 0.29) is 31.4 Å². The van der Waals surface area contributed by atoms with E-state index in [1.807, 2.05) is 0 Å². The standard InChI is InChI=1S/C3H6N6O2.4H2O/c4-1-7-2(5)9(11)3(6)8(1)10;;;;/h6,10-11H,(H3,4,5,7);4*1H2. The topological polar surface area (TPSA) is 263 Å². The molecule has 0 amide bonds. The Labute approximate surface area is 81.6 Å². The SMILES string of the molecule is N=c1nc(N)n(O)c(=N)n1O.O.O.O.O. The largest absolute Gasteiger partial charge is 0.422 e. The Morgan fingerprint density at radius 1 is 1.00 bits per heavy atom. The zero-order valence-corrected chi connectivity index (χ0v) is 7.31. The maximum atomic E-state index is 8.79. The second kappa shape index (κ2) is 7.27. The molecule has 0 spiro atoms. The molecule has 12 heteroatoms. The second-order valence-electron chi connectivity index (χ2n) is 1.74. The van der Waals surface area contributed by atoms with Crippen molar-refractivity contribution in [3.05, 3.63) is 11.2 Å². The first kappa shape index (κ1) is 23.0. The minimum absolute atomic E-state index is 0. The average Bonchev–Trinajstić information content (AvgIpc) is 1.97. The number of nitrogens with two attached hydrogens (primary N) is 1. The molecule has 0 aromatic carbocycles. The van der Waals surface area contributed by atoms with Crippen LogP contribution in [-0.4, -0.2) is 46.8 Å². The Morgan fingerprint density at radius 3 is 1.80 bits per heavy atom. The van der Waals surface area contributed by atoms with Crippen molar-refractivity contribution in [2.75, 3.05) is 5.73 Å². The zero-order valence-electron chi connectivity index (χ0n) is 7.31. The maximum absolute atomic E-state index is 8.79. The number of hydrogen-bond acceptors (Lipinski definition) is 6. The van der Waals surface area contributed by atoms with Gasteiger partial charge in [-0.15, -0.1) is 9.46 Å². The second-order valence-corrected chi connectivity index (χ2v) is 1.74. The molecule has 14 N–H and O–H groups in total. The van der Waals surface area contributed by atoms with Gasteiger partial charge >= 0.3 is 0 Å². The number of nitrogens with one attached hydrogen (secondary N) is 2. The number of aromatic nitrogens is 3. The van der Waals surface area contributed by atoms with E-state index in [1.165, 1.54) is 0 Å². The third-order valence-corrected chi connectivity index (χ3v) is 1.04. The van der Waals surface area contributed by atoms with Crippen molar-refractivity contribution in [2.24, 2.45) is 0 Å². The van der Waals surface area contributed by atoms with E-state index < -0.39 is 17.2 Å². The molecule has 0 saturated carbocycles. The Kier molecular flexibility index (Phi) is 11.2. The number of nitrogen functional groups attached to an aromatic ring is 1. The Hall–Kier alpha value is -2.15. The van der Waals surface area contributed by atoms with E-state index in [4.69, 9.17) is 27.0 Å². The van der Waals surface area contributed by atoms with Crippen LogP contribution in [0.25, 0.3) is 0 Å². The fourth-order valence-electron chi connectivity index (χ4n) is 0.502. The minimum atomic E-state index is -0.734. The lowest BCUT2D eigenvalue weighted by atomic mass is 10.9. The first-order valence-corrected chi connectivity index (χ1v) is 2.53. The van der Waals surface area contributed by atoms with Crippen molar-refractivity contribution in [1.82, 2.24) is 14.4 Å². The van der Waals surface area contributed by atoms with E-state index in [1.54, 1.807) is 0 Å². The average molecular weight is 230 g/mol. The molecule has 15 heavy (non-hydrogen) atoms. The summed E-state index contributed by atoms with van der Waals surface area (Å²) in [6.45, 7) is 0. The Balaban J connectivity index is -0.000000151. The summed E-state index contributed by atoms with van der Waals surface area (Å²) < 4.78 is 0.231. The molecule has 0 atom stereocenters. The summed E-state index contributed by atoms with van der Waals surface area (Å²) in [4.78, 5) is 3.18. The smallest absolute Gasteiger partial charge is 0.276 e. The predicted molar refractivity (Wildman–Crippen MR) is 45.2 cm³/mol. The summed E-state index contributed by atoms with van der Waals surface area (Å²) in [5, 5.41) is 31.3. The van der Waals surface area contributed by atoms with Gasteiger partial charge in [-0.05, 0) is 0 Å². The summed E-state index contributed by atoms with van der Waals surface area (Å²) in [7, 11) is 0. The van der Waals surface area contributed by atoms with Crippen LogP contribution in [0.1, 0.15) is 0 Å². The highest BCUT2D eigenvalue weighted by molar-refractivity contribution is 5.10. The van der Waals surface area contributed by atoms with Gasteiger partial charge in [-0.1, -0.05) is 0 Å². The van der Waals surface area contributed by atoms with Gasteiger partial charge in [0.25, 0.3) is 11.2 Å². The van der Waals surface area contributed by atoms with Crippen LogP contribution in [0.15, 0.2) is 0 Å². The van der Waals surface area contributed by atoms with Crippen LogP contribution >= 0.6 is 0 Å². The monoisotopic (exact) mass is 230 g/mol. The van der Waals surface area contributed by atoms with E-state index in [0.717, 1.165) is 0 Å². The lowest BCUT2D eigenvalue weighted by Gasteiger charge is -2.02. The van der Waals surface area contributed by atoms with Crippen LogP contribution < -0.4 is 17.0 Å². The van der Waals surface area contributed by atoms with Gasteiger partial charge in [0, 0.05) is 0 Å². The van der Waals surface area contributed by atoms with Crippen LogP contribution in [0.5, 0.6) is 0 Å². The summed E-state index contributed by atoms with van der Waals surface area (Å²) in [6, 6.07) is 0. The van der Waals surface area contributed by atoms with Crippen molar-refractivity contribution >= 4 is 5.95 Å². The molecule has 0 saturated heterocycles. The van der Waals surface area contributed by atoms with Crippen molar-refractivity contribution < 1.29 is 32.3 Å².